The van der Waals surface area contributed by atoms with Gasteiger partial charge in [0.15, 0.2) is 0 Å². The number of hydrogen-bond donors (Lipinski definition) is 0. The van der Waals surface area contributed by atoms with Crippen molar-refractivity contribution in [1.82, 2.24) is 0 Å². The molecule has 24 heavy (non-hydrogen) atoms. The number of benzene rings is 1. The third-order valence-corrected chi connectivity index (χ3v) is 7.40. The van der Waals surface area contributed by atoms with E-state index in [1.165, 1.54) is 31.2 Å². The SMILES string of the molecule is COc1ccc2c(c1)CC[C@H]1[C@H]3C[C@@H](OC)[C@H](OC)[C@@]3(C)CC[C@@H]21. The van der Waals surface area contributed by atoms with Crippen LogP contribution in [0.15, 0.2) is 18.2 Å². The van der Waals surface area contributed by atoms with E-state index in [9.17, 15) is 0 Å². The molecule has 0 aromatic heterocycles. The van der Waals surface area contributed by atoms with Gasteiger partial charge in [-0.2, -0.15) is 0 Å². The van der Waals surface area contributed by atoms with Crippen molar-refractivity contribution in [3.63, 3.8) is 0 Å². The Morgan fingerprint density at radius 2 is 1.92 bits per heavy atom. The first-order valence-corrected chi connectivity index (χ1v) is 9.34. The third kappa shape index (κ3) is 2.24. The highest BCUT2D eigenvalue weighted by molar-refractivity contribution is 5.40. The fourth-order valence-corrected chi connectivity index (χ4v) is 6.27. The number of ether oxygens (including phenoxy) is 3. The minimum Gasteiger partial charge on any atom is -0.497 e. The normalized spacial score (nSPS) is 40.6. The lowest BCUT2D eigenvalue weighted by Gasteiger charge is -2.50. The van der Waals surface area contributed by atoms with Gasteiger partial charge in [0, 0.05) is 14.2 Å². The van der Waals surface area contributed by atoms with Crippen molar-refractivity contribution in [1.29, 1.82) is 0 Å². The monoisotopic (exact) mass is 330 g/mol. The van der Waals surface area contributed by atoms with Crippen molar-refractivity contribution in [2.75, 3.05) is 21.3 Å². The molecule has 0 unspecified atom stereocenters. The van der Waals surface area contributed by atoms with Crippen LogP contribution in [0.1, 0.15) is 49.7 Å². The van der Waals surface area contributed by atoms with Gasteiger partial charge in [-0.15, -0.1) is 0 Å². The number of hydrogen-bond acceptors (Lipinski definition) is 3. The van der Waals surface area contributed by atoms with Gasteiger partial charge in [-0.3, -0.25) is 0 Å². The van der Waals surface area contributed by atoms with Crippen LogP contribution in [0, 0.1) is 17.3 Å². The second-order valence-corrected chi connectivity index (χ2v) is 8.19. The second kappa shape index (κ2) is 6.03. The van der Waals surface area contributed by atoms with Crippen molar-refractivity contribution in [2.24, 2.45) is 17.3 Å². The minimum atomic E-state index is 0.241. The molecule has 2 fully saturated rings. The second-order valence-electron chi connectivity index (χ2n) is 8.19. The fourth-order valence-electron chi connectivity index (χ4n) is 6.27. The Morgan fingerprint density at radius 3 is 2.62 bits per heavy atom. The van der Waals surface area contributed by atoms with Crippen molar-refractivity contribution in [3.8, 4) is 5.75 Å². The largest absolute Gasteiger partial charge is 0.497 e. The Morgan fingerprint density at radius 1 is 1.08 bits per heavy atom. The van der Waals surface area contributed by atoms with Crippen LogP contribution < -0.4 is 4.74 Å². The predicted molar refractivity (Wildman–Crippen MR) is 94.6 cm³/mol. The molecule has 4 rings (SSSR count). The molecule has 0 radical (unpaired) electrons. The Hall–Kier alpha value is -1.06. The summed E-state index contributed by atoms with van der Waals surface area (Å²) in [7, 11) is 5.46. The van der Waals surface area contributed by atoms with Gasteiger partial charge < -0.3 is 14.2 Å². The van der Waals surface area contributed by atoms with Crippen LogP contribution in [-0.2, 0) is 15.9 Å². The van der Waals surface area contributed by atoms with Crippen molar-refractivity contribution < 1.29 is 14.2 Å². The highest BCUT2D eigenvalue weighted by atomic mass is 16.5. The van der Waals surface area contributed by atoms with E-state index in [0.29, 0.717) is 11.8 Å². The summed E-state index contributed by atoms with van der Waals surface area (Å²) >= 11 is 0. The topological polar surface area (TPSA) is 27.7 Å². The van der Waals surface area contributed by atoms with Gasteiger partial charge in [0.1, 0.15) is 5.75 Å². The molecule has 1 aromatic rings. The van der Waals surface area contributed by atoms with Crippen LogP contribution in [-0.4, -0.2) is 33.5 Å². The minimum absolute atomic E-state index is 0.241. The van der Waals surface area contributed by atoms with E-state index in [1.54, 1.807) is 12.7 Å². The molecule has 3 aliphatic rings. The lowest BCUT2D eigenvalue weighted by molar-refractivity contribution is -0.0832. The highest BCUT2D eigenvalue weighted by Gasteiger charge is 2.58. The van der Waals surface area contributed by atoms with Gasteiger partial charge in [-0.1, -0.05) is 13.0 Å². The van der Waals surface area contributed by atoms with E-state index in [2.05, 4.69) is 25.1 Å². The molecular formula is C21H30O3. The molecule has 0 aliphatic heterocycles. The first kappa shape index (κ1) is 16.4. The van der Waals surface area contributed by atoms with Crippen LogP contribution in [0.25, 0.3) is 0 Å². The van der Waals surface area contributed by atoms with Crippen LogP contribution >= 0.6 is 0 Å². The molecule has 1 aromatic carbocycles. The molecule has 0 saturated heterocycles. The molecule has 3 heteroatoms. The molecule has 2 saturated carbocycles. The van der Waals surface area contributed by atoms with Gasteiger partial charge in [-0.05, 0) is 78.5 Å². The van der Waals surface area contributed by atoms with Crippen LogP contribution in [0.2, 0.25) is 0 Å². The molecule has 0 bridgehead atoms. The molecule has 0 amide bonds. The quantitative estimate of drug-likeness (QED) is 0.831. The summed E-state index contributed by atoms with van der Waals surface area (Å²) in [6.45, 7) is 2.45. The molecule has 0 heterocycles. The number of methoxy groups -OCH3 is 3. The zero-order chi connectivity index (χ0) is 16.9. The average Bonchev–Trinajstić information content (AvgIpc) is 2.92. The van der Waals surface area contributed by atoms with Crippen LogP contribution in [0.3, 0.4) is 0 Å². The maximum atomic E-state index is 5.93. The molecule has 6 atom stereocenters. The Balaban J connectivity index is 1.66. The molecule has 0 spiro atoms. The Labute approximate surface area is 145 Å². The highest BCUT2D eigenvalue weighted by Crippen LogP contribution is 2.61. The van der Waals surface area contributed by atoms with Gasteiger partial charge in [0.25, 0.3) is 0 Å². The molecule has 0 N–H and O–H groups in total. The molecule has 3 nitrogen and oxygen atoms in total. The number of rotatable bonds is 3. The summed E-state index contributed by atoms with van der Waals surface area (Å²) in [5, 5.41) is 0. The predicted octanol–water partition coefficient (Wildman–Crippen LogP) is 4.19. The summed E-state index contributed by atoms with van der Waals surface area (Å²) in [5.41, 5.74) is 3.34. The fraction of sp³-hybridized carbons (Fsp3) is 0.714. The van der Waals surface area contributed by atoms with Crippen molar-refractivity contribution in [3.05, 3.63) is 29.3 Å². The van der Waals surface area contributed by atoms with Gasteiger partial charge in [0.2, 0.25) is 0 Å². The first-order valence-electron chi connectivity index (χ1n) is 9.34. The average molecular weight is 330 g/mol. The number of fused-ring (bicyclic) bond motifs is 5. The van der Waals surface area contributed by atoms with Gasteiger partial charge in [-0.25, -0.2) is 0 Å². The Bertz CT molecular complexity index is 613. The van der Waals surface area contributed by atoms with E-state index in [1.807, 2.05) is 14.2 Å². The summed E-state index contributed by atoms with van der Waals surface area (Å²) < 4.78 is 17.2. The van der Waals surface area contributed by atoms with E-state index < -0.39 is 0 Å². The Kier molecular flexibility index (Phi) is 4.12. The first-order chi connectivity index (χ1) is 11.6. The maximum absolute atomic E-state index is 5.93. The third-order valence-electron chi connectivity index (χ3n) is 7.40. The molecule has 3 aliphatic carbocycles. The smallest absolute Gasteiger partial charge is 0.119 e. The van der Waals surface area contributed by atoms with Gasteiger partial charge >= 0.3 is 0 Å². The molecular weight excluding hydrogens is 300 g/mol. The van der Waals surface area contributed by atoms with Crippen LogP contribution in [0.4, 0.5) is 0 Å². The lowest BCUT2D eigenvalue weighted by atomic mass is 9.55. The number of aryl methyl sites for hydroxylation is 1. The summed E-state index contributed by atoms with van der Waals surface area (Å²) in [6, 6.07) is 6.72. The van der Waals surface area contributed by atoms with E-state index >= 15 is 0 Å². The molecule has 132 valence electrons. The summed E-state index contributed by atoms with van der Waals surface area (Å²) in [6.07, 6.45) is 6.62. The van der Waals surface area contributed by atoms with E-state index in [-0.39, 0.29) is 17.6 Å². The van der Waals surface area contributed by atoms with Crippen molar-refractivity contribution >= 4 is 0 Å². The summed E-state index contributed by atoms with van der Waals surface area (Å²) in [4.78, 5) is 0. The maximum Gasteiger partial charge on any atom is 0.119 e. The zero-order valence-corrected chi connectivity index (χ0v) is 15.4. The standard InChI is InChI=1S/C21H30O3/c1-21-10-9-16-15-8-6-14(22-2)11-13(15)5-7-17(16)18(21)12-19(23-3)20(21)24-4/h6,8,11,16-20H,5,7,9-10,12H2,1-4H3/t16-,17+,18+,19+,20-,21-/m0/s1. The van der Waals surface area contributed by atoms with E-state index in [4.69, 9.17) is 14.2 Å². The van der Waals surface area contributed by atoms with Crippen LogP contribution in [0.5, 0.6) is 5.75 Å². The van der Waals surface area contributed by atoms with E-state index in [0.717, 1.165) is 18.1 Å². The van der Waals surface area contributed by atoms with Gasteiger partial charge in [0.05, 0.1) is 19.3 Å². The zero-order valence-electron chi connectivity index (χ0n) is 15.4. The summed E-state index contributed by atoms with van der Waals surface area (Å²) in [5.74, 6) is 3.17. The lowest BCUT2D eigenvalue weighted by Crippen LogP contribution is -2.45. The van der Waals surface area contributed by atoms with Crippen molar-refractivity contribution in [2.45, 2.75) is 57.2 Å².